The van der Waals surface area contributed by atoms with E-state index in [-0.39, 0.29) is 0 Å². The molecule has 16 heavy (non-hydrogen) atoms. The fourth-order valence-electron chi connectivity index (χ4n) is 2.00. The van der Waals surface area contributed by atoms with Gasteiger partial charge in [0, 0.05) is 0 Å². The molecule has 0 aromatic heterocycles. The molecule has 0 saturated carbocycles. The summed E-state index contributed by atoms with van der Waals surface area (Å²) in [4.78, 5) is 0. The van der Waals surface area contributed by atoms with Crippen LogP contribution in [0.5, 0.6) is 0 Å². The lowest BCUT2D eigenvalue weighted by Gasteiger charge is -2.02. The highest BCUT2D eigenvalue weighted by Crippen LogP contribution is 2.12. The quantitative estimate of drug-likeness (QED) is 0.373. The Balaban J connectivity index is 2.99. The highest BCUT2D eigenvalue weighted by molar-refractivity contribution is 4.89. The van der Waals surface area contributed by atoms with Crippen molar-refractivity contribution in [1.29, 1.82) is 0 Å². The second kappa shape index (κ2) is 12.8. The lowest BCUT2D eigenvalue weighted by molar-refractivity contribution is 0.556. The number of hydrogen-bond donors (Lipinski definition) is 0. The minimum absolute atomic E-state index is 1.26. The molecule has 0 amide bonds. The predicted octanol–water partition coefficient (Wildman–Crippen LogP) is 6.07. The van der Waals surface area contributed by atoms with Gasteiger partial charge in [-0.05, 0) is 32.8 Å². The molecule has 0 heterocycles. The summed E-state index contributed by atoms with van der Waals surface area (Å²) in [6.07, 6.45) is 18.7. The summed E-state index contributed by atoms with van der Waals surface area (Å²) >= 11 is 0. The zero-order chi connectivity index (χ0) is 12.1. The molecular formula is C16H31. The molecule has 0 aliphatic rings. The Bertz CT molecular complexity index is 155. The molecule has 0 saturated heterocycles. The van der Waals surface area contributed by atoms with Crippen LogP contribution in [-0.4, -0.2) is 0 Å². The molecule has 0 N–H and O–H groups in total. The van der Waals surface area contributed by atoms with E-state index in [1.807, 2.05) is 6.92 Å². The first kappa shape index (κ1) is 15.7. The van der Waals surface area contributed by atoms with Crippen LogP contribution in [0.1, 0.15) is 91.4 Å². The van der Waals surface area contributed by atoms with Gasteiger partial charge in [-0.2, -0.15) is 0 Å². The molecule has 0 aliphatic heterocycles. The standard InChI is InChI=1S/C16H31/c1-4-6-7-8-9-10-11-12-13-14-15-16(3)5-2/h4,6-15H2,1-3H3. The lowest BCUT2D eigenvalue weighted by atomic mass is 10.0. The van der Waals surface area contributed by atoms with Crippen LogP contribution < -0.4 is 0 Å². The largest absolute Gasteiger partial charge is 0.0701 e. The third kappa shape index (κ3) is 11.8. The predicted molar refractivity (Wildman–Crippen MR) is 74.6 cm³/mol. The van der Waals surface area contributed by atoms with Crippen molar-refractivity contribution in [2.75, 3.05) is 0 Å². The van der Waals surface area contributed by atoms with Crippen molar-refractivity contribution < 1.29 is 0 Å². The maximum absolute atomic E-state index is 3.21. The van der Waals surface area contributed by atoms with Gasteiger partial charge in [-0.15, -0.1) is 0 Å². The van der Waals surface area contributed by atoms with Gasteiger partial charge in [0.2, 0.25) is 0 Å². The van der Waals surface area contributed by atoms with Gasteiger partial charge in [0.25, 0.3) is 0 Å². The van der Waals surface area contributed by atoms with E-state index in [0.29, 0.717) is 0 Å². The number of rotatable bonds is 11. The van der Waals surface area contributed by atoms with Crippen molar-refractivity contribution >= 4 is 0 Å². The molecular weight excluding hydrogens is 192 g/mol. The molecule has 0 nitrogen and oxygen atoms in total. The van der Waals surface area contributed by atoms with E-state index in [2.05, 4.69) is 19.9 Å². The second-order valence-corrected chi connectivity index (χ2v) is 4.96. The van der Waals surface area contributed by atoms with Gasteiger partial charge in [0.05, 0.1) is 0 Å². The molecule has 0 fully saturated rings. The van der Waals surface area contributed by atoms with Crippen molar-refractivity contribution in [2.45, 2.75) is 91.4 Å². The van der Waals surface area contributed by atoms with E-state index in [1.54, 1.807) is 0 Å². The summed E-state index contributed by atoms with van der Waals surface area (Å²) in [5.41, 5.74) is 1.43. The summed E-state index contributed by atoms with van der Waals surface area (Å²) < 4.78 is 0. The van der Waals surface area contributed by atoms with Crippen molar-refractivity contribution in [1.82, 2.24) is 0 Å². The zero-order valence-corrected chi connectivity index (χ0v) is 11.8. The minimum atomic E-state index is 1.26. The molecule has 0 aromatic carbocycles. The van der Waals surface area contributed by atoms with Crippen LogP contribution in [0, 0.1) is 6.08 Å². The highest BCUT2D eigenvalue weighted by atomic mass is 14.0. The van der Waals surface area contributed by atoms with Crippen LogP contribution in [0.4, 0.5) is 0 Å². The van der Waals surface area contributed by atoms with Gasteiger partial charge in [-0.25, -0.2) is 0 Å². The van der Waals surface area contributed by atoms with Crippen LogP contribution in [0.3, 0.4) is 0 Å². The van der Waals surface area contributed by atoms with E-state index in [1.165, 1.54) is 76.2 Å². The number of allylic oxidation sites excluding steroid dienone is 2. The van der Waals surface area contributed by atoms with E-state index in [0.717, 1.165) is 0 Å². The summed E-state index contributed by atoms with van der Waals surface area (Å²) in [6.45, 7) is 6.49. The smallest absolute Gasteiger partial charge is 0.0317 e. The first-order valence-corrected chi connectivity index (χ1v) is 7.31. The minimum Gasteiger partial charge on any atom is -0.0701 e. The maximum atomic E-state index is 3.21. The molecule has 0 atom stereocenters. The molecule has 95 valence electrons. The normalized spacial score (nSPS) is 12.1. The van der Waals surface area contributed by atoms with Gasteiger partial charge >= 0.3 is 0 Å². The molecule has 0 bridgehead atoms. The average Bonchev–Trinajstić information content (AvgIpc) is 2.31. The van der Waals surface area contributed by atoms with E-state index >= 15 is 0 Å². The van der Waals surface area contributed by atoms with Crippen molar-refractivity contribution in [3.63, 3.8) is 0 Å². The molecule has 0 aromatic rings. The Morgan fingerprint density at radius 2 is 1.19 bits per heavy atom. The van der Waals surface area contributed by atoms with Gasteiger partial charge in [-0.1, -0.05) is 70.3 Å². The SMILES string of the molecule is C/[C]=C(\C)CCCCCCCCCCCC. The molecule has 0 heteroatoms. The van der Waals surface area contributed by atoms with Crippen LogP contribution >= 0.6 is 0 Å². The van der Waals surface area contributed by atoms with E-state index < -0.39 is 0 Å². The third-order valence-corrected chi connectivity index (χ3v) is 3.33. The van der Waals surface area contributed by atoms with Crippen molar-refractivity contribution in [3.05, 3.63) is 11.6 Å². The van der Waals surface area contributed by atoms with E-state index in [9.17, 15) is 0 Å². The first-order chi connectivity index (χ1) is 7.81. The zero-order valence-electron chi connectivity index (χ0n) is 11.8. The summed E-state index contributed by atoms with van der Waals surface area (Å²) in [5.74, 6) is 0. The van der Waals surface area contributed by atoms with Gasteiger partial charge in [0.15, 0.2) is 0 Å². The Labute approximate surface area is 104 Å². The van der Waals surface area contributed by atoms with Gasteiger partial charge in [0.1, 0.15) is 0 Å². The summed E-state index contributed by atoms with van der Waals surface area (Å²) in [7, 11) is 0. The summed E-state index contributed by atoms with van der Waals surface area (Å²) in [6, 6.07) is 0. The van der Waals surface area contributed by atoms with Crippen LogP contribution in [-0.2, 0) is 0 Å². The first-order valence-electron chi connectivity index (χ1n) is 7.31. The topological polar surface area (TPSA) is 0 Å². The van der Waals surface area contributed by atoms with Gasteiger partial charge in [-0.3, -0.25) is 0 Å². The van der Waals surface area contributed by atoms with Crippen LogP contribution in [0.2, 0.25) is 0 Å². The van der Waals surface area contributed by atoms with Gasteiger partial charge < -0.3 is 0 Å². The monoisotopic (exact) mass is 223 g/mol. The number of unbranched alkanes of at least 4 members (excludes halogenated alkanes) is 9. The fraction of sp³-hybridized carbons (Fsp3) is 0.875. The van der Waals surface area contributed by atoms with Crippen LogP contribution in [0.15, 0.2) is 5.57 Å². The molecule has 0 spiro atoms. The molecule has 0 unspecified atom stereocenters. The van der Waals surface area contributed by atoms with Crippen molar-refractivity contribution in [2.24, 2.45) is 0 Å². The second-order valence-electron chi connectivity index (χ2n) is 4.96. The molecule has 1 radical (unpaired) electrons. The molecule has 0 aliphatic carbocycles. The maximum Gasteiger partial charge on any atom is -0.0317 e. The number of hydrogen-bond acceptors (Lipinski definition) is 0. The Morgan fingerprint density at radius 1 is 0.750 bits per heavy atom. The van der Waals surface area contributed by atoms with Crippen molar-refractivity contribution in [3.8, 4) is 0 Å². The fourth-order valence-corrected chi connectivity index (χ4v) is 2.00. The Kier molecular flexibility index (Phi) is 12.6. The molecule has 0 rings (SSSR count). The highest BCUT2D eigenvalue weighted by Gasteiger charge is 1.93. The lowest BCUT2D eigenvalue weighted by Crippen LogP contribution is -1.83. The average molecular weight is 223 g/mol. The third-order valence-electron chi connectivity index (χ3n) is 3.33. The Morgan fingerprint density at radius 3 is 1.62 bits per heavy atom. The van der Waals surface area contributed by atoms with E-state index in [4.69, 9.17) is 0 Å². The Hall–Kier alpha value is -0.260. The summed E-state index contributed by atoms with van der Waals surface area (Å²) in [5, 5.41) is 0. The van der Waals surface area contributed by atoms with Crippen LogP contribution in [0.25, 0.3) is 0 Å².